The smallest absolute Gasteiger partial charge is 0.246 e. The monoisotopic (exact) mass is 517 g/mol. The number of aryl methyl sites for hydroxylation is 1. The van der Waals surface area contributed by atoms with Crippen LogP contribution in [0.2, 0.25) is 0 Å². The SMILES string of the molecule is C=CC(=O)N1CCCCC1c1nc(C2=CC(C)C(C(=O)Nc3ncc(CC)s3)C=C2)c2c(N)nccn12. The molecular weight excluding hydrogens is 486 g/mol. The predicted molar refractivity (Wildman–Crippen MR) is 146 cm³/mol. The number of hydrogen-bond acceptors (Lipinski definition) is 7. The van der Waals surface area contributed by atoms with Gasteiger partial charge in [0.2, 0.25) is 11.8 Å². The molecule has 0 spiro atoms. The third kappa shape index (κ3) is 4.69. The van der Waals surface area contributed by atoms with Gasteiger partial charge >= 0.3 is 0 Å². The van der Waals surface area contributed by atoms with Crippen molar-refractivity contribution < 1.29 is 9.59 Å². The van der Waals surface area contributed by atoms with Crippen molar-refractivity contribution in [3.8, 4) is 0 Å². The Morgan fingerprint density at radius 3 is 2.89 bits per heavy atom. The number of nitrogens with zero attached hydrogens (tertiary/aromatic N) is 5. The molecule has 3 N–H and O–H groups in total. The number of imidazole rings is 1. The van der Waals surface area contributed by atoms with Gasteiger partial charge in [0.25, 0.3) is 0 Å². The maximum atomic E-state index is 13.0. The van der Waals surface area contributed by atoms with Crippen molar-refractivity contribution in [2.45, 2.75) is 45.6 Å². The van der Waals surface area contributed by atoms with Crippen LogP contribution in [0.5, 0.6) is 0 Å². The molecule has 0 saturated carbocycles. The molecule has 3 unspecified atom stereocenters. The highest BCUT2D eigenvalue weighted by molar-refractivity contribution is 7.15. The van der Waals surface area contributed by atoms with Crippen LogP contribution < -0.4 is 11.1 Å². The molecular formula is C27H31N7O2S. The molecule has 4 heterocycles. The number of carbonyl (C=O) groups excluding carboxylic acids is 2. The van der Waals surface area contributed by atoms with E-state index in [1.165, 1.54) is 17.4 Å². The molecule has 37 heavy (non-hydrogen) atoms. The summed E-state index contributed by atoms with van der Waals surface area (Å²) < 4.78 is 1.95. The van der Waals surface area contributed by atoms with Crippen LogP contribution in [-0.4, -0.2) is 42.6 Å². The van der Waals surface area contributed by atoms with Gasteiger partial charge in [-0.25, -0.2) is 15.0 Å². The minimum atomic E-state index is -0.333. The first-order chi connectivity index (χ1) is 17.9. The van der Waals surface area contributed by atoms with E-state index in [4.69, 9.17) is 10.7 Å². The van der Waals surface area contributed by atoms with Crippen molar-refractivity contribution in [2.75, 3.05) is 17.6 Å². The number of rotatable bonds is 6. The molecule has 0 radical (unpaired) electrons. The average molecular weight is 518 g/mol. The lowest BCUT2D eigenvalue weighted by Crippen LogP contribution is -2.38. The average Bonchev–Trinajstić information content (AvgIpc) is 3.53. The highest BCUT2D eigenvalue weighted by Gasteiger charge is 2.32. The van der Waals surface area contributed by atoms with E-state index in [-0.39, 0.29) is 29.7 Å². The van der Waals surface area contributed by atoms with Gasteiger partial charge < -0.3 is 16.0 Å². The zero-order valence-corrected chi connectivity index (χ0v) is 21.9. The Hall–Kier alpha value is -3.79. The first-order valence-electron chi connectivity index (χ1n) is 12.6. The van der Waals surface area contributed by atoms with Crippen LogP contribution in [-0.2, 0) is 16.0 Å². The quantitative estimate of drug-likeness (QED) is 0.468. The maximum absolute atomic E-state index is 13.0. The third-order valence-electron chi connectivity index (χ3n) is 7.07. The molecule has 0 bridgehead atoms. The molecule has 10 heteroatoms. The lowest BCUT2D eigenvalue weighted by atomic mass is 9.85. The summed E-state index contributed by atoms with van der Waals surface area (Å²) in [5.41, 5.74) is 8.63. The van der Waals surface area contributed by atoms with Crippen molar-refractivity contribution in [2.24, 2.45) is 11.8 Å². The van der Waals surface area contributed by atoms with Crippen molar-refractivity contribution in [1.82, 2.24) is 24.3 Å². The van der Waals surface area contributed by atoms with Gasteiger partial charge in [-0.1, -0.05) is 38.7 Å². The van der Waals surface area contributed by atoms with Crippen LogP contribution in [0.15, 0.2) is 49.5 Å². The maximum Gasteiger partial charge on any atom is 0.246 e. The van der Waals surface area contributed by atoms with Gasteiger partial charge in [0.1, 0.15) is 17.2 Å². The third-order valence-corrected chi connectivity index (χ3v) is 8.13. The van der Waals surface area contributed by atoms with Gasteiger partial charge in [0.05, 0.1) is 17.7 Å². The van der Waals surface area contributed by atoms with E-state index >= 15 is 0 Å². The normalized spacial score (nSPS) is 21.6. The van der Waals surface area contributed by atoms with Crippen LogP contribution in [0.25, 0.3) is 11.1 Å². The summed E-state index contributed by atoms with van der Waals surface area (Å²) >= 11 is 1.50. The lowest BCUT2D eigenvalue weighted by molar-refractivity contribution is -0.130. The molecule has 192 valence electrons. The fourth-order valence-corrected chi connectivity index (χ4v) is 5.89. The largest absolute Gasteiger partial charge is 0.382 e. The second-order valence-electron chi connectivity index (χ2n) is 9.44. The summed E-state index contributed by atoms with van der Waals surface area (Å²) in [5.74, 6) is 0.527. The zero-order chi connectivity index (χ0) is 26.1. The number of anilines is 2. The molecule has 2 aliphatic rings. The topological polar surface area (TPSA) is 119 Å². The Morgan fingerprint density at radius 1 is 1.32 bits per heavy atom. The minimum absolute atomic E-state index is 0.0720. The van der Waals surface area contributed by atoms with E-state index in [9.17, 15) is 9.59 Å². The van der Waals surface area contributed by atoms with E-state index in [2.05, 4.69) is 34.9 Å². The summed E-state index contributed by atoms with van der Waals surface area (Å²) in [7, 11) is 0. The van der Waals surface area contributed by atoms with Crippen LogP contribution >= 0.6 is 11.3 Å². The van der Waals surface area contributed by atoms with Gasteiger partial charge in [-0.15, -0.1) is 11.3 Å². The summed E-state index contributed by atoms with van der Waals surface area (Å²) in [6.45, 7) is 8.42. The van der Waals surface area contributed by atoms with Gasteiger partial charge in [-0.05, 0) is 43.3 Å². The van der Waals surface area contributed by atoms with Crippen LogP contribution in [0.1, 0.15) is 55.5 Å². The van der Waals surface area contributed by atoms with E-state index in [0.717, 1.165) is 42.0 Å². The molecule has 1 fully saturated rings. The van der Waals surface area contributed by atoms with Crippen LogP contribution in [0.3, 0.4) is 0 Å². The number of allylic oxidation sites excluding steroid dienone is 3. The lowest BCUT2D eigenvalue weighted by Gasteiger charge is -2.34. The number of thiazole rings is 1. The highest BCUT2D eigenvalue weighted by Crippen LogP contribution is 2.37. The molecule has 0 aromatic carbocycles. The van der Waals surface area contributed by atoms with E-state index < -0.39 is 0 Å². The minimum Gasteiger partial charge on any atom is -0.382 e. The van der Waals surface area contributed by atoms with E-state index in [1.54, 1.807) is 12.4 Å². The summed E-state index contributed by atoms with van der Waals surface area (Å²) in [4.78, 5) is 42.2. The van der Waals surface area contributed by atoms with Crippen molar-refractivity contribution in [3.63, 3.8) is 0 Å². The van der Waals surface area contributed by atoms with Gasteiger partial charge in [-0.3, -0.25) is 14.0 Å². The van der Waals surface area contributed by atoms with Gasteiger partial charge in [-0.2, -0.15) is 0 Å². The Morgan fingerprint density at radius 2 is 2.16 bits per heavy atom. The van der Waals surface area contributed by atoms with Gasteiger partial charge in [0.15, 0.2) is 5.13 Å². The standard InChI is InChI=1S/C27H31N7O2S/c1-4-18-15-30-27(37-18)32-26(36)19-10-9-17(14-16(19)3)22-23-24(28)29-11-13-34(23)25(31-22)20-8-6-7-12-33(20)21(35)5-2/h5,9-11,13-16,19-20H,2,4,6-8,12H2,1,3H3,(H2,28,29)(H,30,32,36). The fraction of sp³-hybridized carbons (Fsp3) is 0.370. The molecule has 1 aliphatic heterocycles. The number of nitrogen functional groups attached to an aromatic ring is 1. The van der Waals surface area contributed by atoms with E-state index in [0.29, 0.717) is 28.7 Å². The second kappa shape index (κ2) is 10.3. The van der Waals surface area contributed by atoms with Crippen molar-refractivity contribution in [3.05, 3.63) is 65.9 Å². The number of hydrogen-bond donors (Lipinski definition) is 2. The van der Waals surface area contributed by atoms with Crippen LogP contribution in [0.4, 0.5) is 10.9 Å². The number of likely N-dealkylation sites (tertiary alicyclic amines) is 1. The number of nitrogens with two attached hydrogens (primary N) is 1. The summed E-state index contributed by atoms with van der Waals surface area (Å²) in [6.07, 6.45) is 16.2. The number of amides is 2. The Labute approximate surface area is 219 Å². The zero-order valence-electron chi connectivity index (χ0n) is 21.1. The summed E-state index contributed by atoms with van der Waals surface area (Å²) in [6, 6.07) is -0.183. The van der Waals surface area contributed by atoms with Crippen LogP contribution in [0, 0.1) is 11.8 Å². The molecule has 2 amide bonds. The number of aromatic nitrogens is 4. The molecule has 1 aliphatic carbocycles. The Kier molecular flexibility index (Phi) is 6.92. The first-order valence-corrected chi connectivity index (χ1v) is 13.4. The molecule has 9 nitrogen and oxygen atoms in total. The molecule has 3 aromatic heterocycles. The fourth-order valence-electron chi connectivity index (χ4n) is 5.13. The molecule has 1 saturated heterocycles. The van der Waals surface area contributed by atoms with Crippen molar-refractivity contribution >= 4 is 45.2 Å². The first kappa shape index (κ1) is 24.9. The van der Waals surface area contributed by atoms with Crippen molar-refractivity contribution in [1.29, 1.82) is 0 Å². The summed E-state index contributed by atoms with van der Waals surface area (Å²) in [5, 5.41) is 3.57. The Balaban J connectivity index is 1.47. The van der Waals surface area contributed by atoms with Gasteiger partial charge in [0, 0.05) is 30.0 Å². The number of carbonyl (C=O) groups is 2. The Bertz CT molecular complexity index is 1420. The number of fused-ring (bicyclic) bond motifs is 1. The molecule has 3 atom stereocenters. The predicted octanol–water partition coefficient (Wildman–Crippen LogP) is 4.41. The molecule has 3 aromatic rings. The molecule has 5 rings (SSSR count). The van der Waals surface area contributed by atoms with E-state index in [1.807, 2.05) is 34.6 Å². The second-order valence-corrected chi connectivity index (χ2v) is 10.6. The number of piperidine rings is 1. The highest BCUT2D eigenvalue weighted by atomic mass is 32.1. The number of nitrogens with one attached hydrogen (secondary N) is 1.